The summed E-state index contributed by atoms with van der Waals surface area (Å²) in [5, 5.41) is 12.6. The van der Waals surface area contributed by atoms with Crippen LogP contribution in [0.3, 0.4) is 0 Å². The van der Waals surface area contributed by atoms with Crippen molar-refractivity contribution >= 4 is 15.9 Å². The predicted molar refractivity (Wildman–Crippen MR) is 77.8 cm³/mol. The summed E-state index contributed by atoms with van der Waals surface area (Å²) in [6.45, 7) is 8.57. The van der Waals surface area contributed by atoms with Gasteiger partial charge in [-0.1, -0.05) is 44.1 Å². The number of benzene rings is 1. The minimum atomic E-state index is 0.111. The van der Waals surface area contributed by atoms with Crippen LogP contribution >= 0.6 is 15.9 Å². The highest BCUT2D eigenvalue weighted by molar-refractivity contribution is 9.10. The monoisotopic (exact) mass is 318 g/mol. The molecule has 0 amide bonds. The molecule has 0 radical (unpaired) electrons. The van der Waals surface area contributed by atoms with Gasteiger partial charge in [-0.2, -0.15) is 5.26 Å². The third-order valence-electron chi connectivity index (χ3n) is 3.08. The zero-order valence-corrected chi connectivity index (χ0v) is 13.0. The summed E-state index contributed by atoms with van der Waals surface area (Å²) in [7, 11) is 0. The molecule has 19 heavy (non-hydrogen) atoms. The number of aryl methyl sites for hydroxylation is 1. The summed E-state index contributed by atoms with van der Waals surface area (Å²) >= 11 is 3.36. The molecular formula is C15H15BrN2O. The predicted octanol–water partition coefficient (Wildman–Crippen LogP) is 4.58. The highest BCUT2D eigenvalue weighted by Crippen LogP contribution is 2.34. The number of hydrogen-bond acceptors (Lipinski definition) is 3. The van der Waals surface area contributed by atoms with Gasteiger partial charge in [-0.15, -0.1) is 0 Å². The van der Waals surface area contributed by atoms with Gasteiger partial charge in [0.15, 0.2) is 11.5 Å². The molecule has 1 heterocycles. The van der Waals surface area contributed by atoms with Crippen LogP contribution in [0.15, 0.2) is 27.2 Å². The van der Waals surface area contributed by atoms with Crippen LogP contribution in [0.4, 0.5) is 0 Å². The second kappa shape index (κ2) is 4.82. The van der Waals surface area contributed by atoms with E-state index < -0.39 is 0 Å². The first kappa shape index (κ1) is 13.8. The molecule has 3 nitrogen and oxygen atoms in total. The van der Waals surface area contributed by atoms with Gasteiger partial charge in [0, 0.05) is 5.56 Å². The van der Waals surface area contributed by atoms with Gasteiger partial charge < -0.3 is 4.52 Å². The van der Waals surface area contributed by atoms with E-state index in [1.54, 1.807) is 0 Å². The van der Waals surface area contributed by atoms with Crippen molar-refractivity contribution < 1.29 is 4.52 Å². The molecule has 0 aliphatic rings. The summed E-state index contributed by atoms with van der Waals surface area (Å²) in [4.78, 5) is 0. The Labute approximate surface area is 121 Å². The second-order valence-corrected chi connectivity index (χ2v) is 6.36. The third-order valence-corrected chi connectivity index (χ3v) is 3.81. The standard InChI is InChI=1S/C15H15BrN2O/c1-9-7-10(15(2,3)4)5-6-11(9)14-13(16)12(8-17)18-19-14/h5-7H,1-4H3. The maximum atomic E-state index is 8.90. The SMILES string of the molecule is Cc1cc(C(C)(C)C)ccc1-c1onc(C#N)c1Br. The number of hydrogen-bond donors (Lipinski definition) is 0. The van der Waals surface area contributed by atoms with Crippen LogP contribution in [0.5, 0.6) is 0 Å². The van der Waals surface area contributed by atoms with E-state index in [-0.39, 0.29) is 11.1 Å². The van der Waals surface area contributed by atoms with Crippen LogP contribution in [-0.4, -0.2) is 5.16 Å². The van der Waals surface area contributed by atoms with E-state index in [9.17, 15) is 0 Å². The van der Waals surface area contributed by atoms with Crippen LogP contribution < -0.4 is 0 Å². The van der Waals surface area contributed by atoms with Crippen molar-refractivity contribution in [3.63, 3.8) is 0 Å². The Balaban J connectivity index is 2.53. The Hall–Kier alpha value is -1.60. The molecule has 1 aromatic carbocycles. The molecule has 98 valence electrons. The zero-order valence-electron chi connectivity index (χ0n) is 11.4. The lowest BCUT2D eigenvalue weighted by molar-refractivity contribution is 0.429. The molecule has 0 bridgehead atoms. The molecule has 0 aliphatic heterocycles. The van der Waals surface area contributed by atoms with Crippen molar-refractivity contribution in [3.05, 3.63) is 39.5 Å². The fourth-order valence-electron chi connectivity index (χ4n) is 1.90. The first-order valence-corrected chi connectivity index (χ1v) is 6.80. The Morgan fingerprint density at radius 1 is 1.32 bits per heavy atom. The second-order valence-electron chi connectivity index (χ2n) is 5.57. The van der Waals surface area contributed by atoms with Crippen molar-refractivity contribution in [3.8, 4) is 17.4 Å². The summed E-state index contributed by atoms with van der Waals surface area (Å²) < 4.78 is 5.87. The van der Waals surface area contributed by atoms with E-state index in [1.807, 2.05) is 19.1 Å². The first-order valence-electron chi connectivity index (χ1n) is 6.01. The van der Waals surface area contributed by atoms with Gasteiger partial charge >= 0.3 is 0 Å². The van der Waals surface area contributed by atoms with Crippen molar-refractivity contribution in [2.24, 2.45) is 0 Å². The van der Waals surface area contributed by atoms with Crippen molar-refractivity contribution in [2.45, 2.75) is 33.1 Å². The average Bonchev–Trinajstić information content (AvgIpc) is 2.69. The van der Waals surface area contributed by atoms with Gasteiger partial charge in [0.1, 0.15) is 10.5 Å². The van der Waals surface area contributed by atoms with Gasteiger partial charge in [0.05, 0.1) is 0 Å². The van der Waals surface area contributed by atoms with Crippen molar-refractivity contribution in [2.75, 3.05) is 0 Å². The van der Waals surface area contributed by atoms with Crippen LogP contribution in [-0.2, 0) is 5.41 Å². The maximum absolute atomic E-state index is 8.90. The van der Waals surface area contributed by atoms with Crippen LogP contribution in [0, 0.1) is 18.3 Å². The molecule has 0 spiro atoms. The molecule has 0 saturated carbocycles. The topological polar surface area (TPSA) is 49.8 Å². The molecule has 2 aromatic rings. The molecule has 0 unspecified atom stereocenters. The van der Waals surface area contributed by atoms with Crippen molar-refractivity contribution in [1.82, 2.24) is 5.16 Å². The number of halogens is 1. The molecule has 2 rings (SSSR count). The summed E-state index contributed by atoms with van der Waals surface area (Å²) in [5.74, 6) is 0.606. The molecular weight excluding hydrogens is 304 g/mol. The van der Waals surface area contributed by atoms with Gasteiger partial charge in [0.25, 0.3) is 0 Å². The van der Waals surface area contributed by atoms with E-state index in [0.29, 0.717) is 10.2 Å². The fraction of sp³-hybridized carbons (Fsp3) is 0.333. The maximum Gasteiger partial charge on any atom is 0.198 e. The van der Waals surface area contributed by atoms with Gasteiger partial charge in [-0.25, -0.2) is 0 Å². The summed E-state index contributed by atoms with van der Waals surface area (Å²) in [6, 6.07) is 8.24. The van der Waals surface area contributed by atoms with Crippen molar-refractivity contribution in [1.29, 1.82) is 5.26 Å². The Kier molecular flexibility index (Phi) is 3.51. The molecule has 0 saturated heterocycles. The minimum absolute atomic E-state index is 0.111. The number of aromatic nitrogens is 1. The van der Waals surface area contributed by atoms with E-state index in [4.69, 9.17) is 9.78 Å². The largest absolute Gasteiger partial charge is 0.354 e. The smallest absolute Gasteiger partial charge is 0.198 e. The lowest BCUT2D eigenvalue weighted by Crippen LogP contribution is -2.11. The summed E-state index contributed by atoms with van der Waals surface area (Å²) in [6.07, 6.45) is 0. The number of rotatable bonds is 1. The van der Waals surface area contributed by atoms with Gasteiger partial charge in [-0.05, 0) is 39.4 Å². The van der Waals surface area contributed by atoms with E-state index >= 15 is 0 Å². The Morgan fingerprint density at radius 3 is 2.47 bits per heavy atom. The molecule has 1 aromatic heterocycles. The minimum Gasteiger partial charge on any atom is -0.354 e. The zero-order chi connectivity index (χ0) is 14.2. The highest BCUT2D eigenvalue weighted by Gasteiger charge is 2.19. The molecule has 4 heteroatoms. The normalized spacial score (nSPS) is 11.4. The Bertz CT molecular complexity index is 660. The number of nitrogens with zero attached hydrogens (tertiary/aromatic N) is 2. The van der Waals surface area contributed by atoms with Gasteiger partial charge in [-0.3, -0.25) is 0 Å². The Morgan fingerprint density at radius 2 is 2.00 bits per heavy atom. The third kappa shape index (κ3) is 2.57. The summed E-state index contributed by atoms with van der Waals surface area (Å²) in [5.41, 5.74) is 3.71. The molecule has 0 aliphatic carbocycles. The average molecular weight is 319 g/mol. The molecule has 0 N–H and O–H groups in total. The highest BCUT2D eigenvalue weighted by atomic mass is 79.9. The van der Waals surface area contributed by atoms with Crippen LogP contribution in [0.2, 0.25) is 0 Å². The first-order chi connectivity index (χ1) is 8.84. The quantitative estimate of drug-likeness (QED) is 0.773. The lowest BCUT2D eigenvalue weighted by Gasteiger charge is -2.20. The van der Waals surface area contributed by atoms with Crippen LogP contribution in [0.25, 0.3) is 11.3 Å². The van der Waals surface area contributed by atoms with Gasteiger partial charge in [0.2, 0.25) is 0 Å². The van der Waals surface area contributed by atoms with E-state index in [1.165, 1.54) is 5.56 Å². The molecule has 0 fully saturated rings. The lowest BCUT2D eigenvalue weighted by atomic mass is 9.85. The van der Waals surface area contributed by atoms with Crippen LogP contribution in [0.1, 0.15) is 37.6 Å². The molecule has 0 atom stereocenters. The fourth-order valence-corrected chi connectivity index (χ4v) is 2.35. The van der Waals surface area contributed by atoms with E-state index in [2.05, 4.69) is 54.0 Å². The van der Waals surface area contributed by atoms with E-state index in [0.717, 1.165) is 11.1 Å². The number of nitriles is 1.